The van der Waals surface area contributed by atoms with E-state index in [2.05, 4.69) is 21.2 Å². The molecule has 0 atom stereocenters. The van der Waals surface area contributed by atoms with Crippen LogP contribution in [0.15, 0.2) is 53.0 Å². The Morgan fingerprint density at radius 2 is 1.78 bits per heavy atom. The fourth-order valence-electron chi connectivity index (χ4n) is 2.06. The van der Waals surface area contributed by atoms with Crippen LogP contribution in [0.5, 0.6) is 5.75 Å². The van der Waals surface area contributed by atoms with Crippen molar-refractivity contribution in [2.24, 2.45) is 0 Å². The average molecular weight is 377 g/mol. The molecule has 2 amide bonds. The molecule has 0 saturated carbocycles. The van der Waals surface area contributed by atoms with Crippen LogP contribution in [0, 0.1) is 0 Å². The number of para-hydroxylation sites is 1. The minimum Gasteiger partial charge on any atom is -0.497 e. The Labute approximate surface area is 143 Å². The van der Waals surface area contributed by atoms with Gasteiger partial charge in [-0.1, -0.05) is 12.1 Å². The summed E-state index contributed by atoms with van der Waals surface area (Å²) < 4.78 is 5.83. The first kappa shape index (κ1) is 17.0. The lowest BCUT2D eigenvalue weighted by Gasteiger charge is -2.22. The molecule has 23 heavy (non-hydrogen) atoms. The molecule has 1 N–H and O–H groups in total. The summed E-state index contributed by atoms with van der Waals surface area (Å²) in [7, 11) is 1.58. The number of carbonyl (C=O) groups is 2. The van der Waals surface area contributed by atoms with Crippen molar-refractivity contribution in [3.63, 3.8) is 0 Å². The summed E-state index contributed by atoms with van der Waals surface area (Å²) in [5.74, 6) is 0.226. The number of hydrogen-bond acceptors (Lipinski definition) is 3. The van der Waals surface area contributed by atoms with Crippen LogP contribution in [-0.2, 0) is 9.59 Å². The molecular formula is C17H17BrN2O3. The molecule has 0 aliphatic heterocycles. The molecule has 0 aliphatic rings. The summed E-state index contributed by atoms with van der Waals surface area (Å²) >= 11 is 3.40. The molecule has 6 heteroatoms. The lowest BCUT2D eigenvalue weighted by Crippen LogP contribution is -2.36. The van der Waals surface area contributed by atoms with Gasteiger partial charge in [0.1, 0.15) is 12.3 Å². The van der Waals surface area contributed by atoms with Crippen molar-refractivity contribution in [2.45, 2.75) is 6.92 Å². The molecule has 0 aliphatic carbocycles. The topological polar surface area (TPSA) is 58.6 Å². The van der Waals surface area contributed by atoms with E-state index in [1.54, 1.807) is 37.4 Å². The van der Waals surface area contributed by atoms with Gasteiger partial charge in [-0.2, -0.15) is 0 Å². The normalized spacial score (nSPS) is 10.0. The zero-order valence-corrected chi connectivity index (χ0v) is 14.5. The van der Waals surface area contributed by atoms with E-state index in [-0.39, 0.29) is 18.4 Å². The molecular weight excluding hydrogens is 360 g/mol. The first-order valence-electron chi connectivity index (χ1n) is 6.98. The lowest BCUT2D eigenvalue weighted by molar-refractivity contribution is -0.120. The third-order valence-electron chi connectivity index (χ3n) is 3.20. The number of benzene rings is 2. The highest BCUT2D eigenvalue weighted by molar-refractivity contribution is 9.10. The Morgan fingerprint density at radius 3 is 2.35 bits per heavy atom. The van der Waals surface area contributed by atoms with Gasteiger partial charge in [0.2, 0.25) is 11.8 Å². The minimum absolute atomic E-state index is 0.0655. The highest BCUT2D eigenvalue weighted by Crippen LogP contribution is 2.25. The Hall–Kier alpha value is -2.34. The van der Waals surface area contributed by atoms with Gasteiger partial charge in [0.05, 0.1) is 12.8 Å². The van der Waals surface area contributed by atoms with Gasteiger partial charge in [-0.3, -0.25) is 9.59 Å². The summed E-state index contributed by atoms with van der Waals surface area (Å²) in [6.45, 7) is 1.37. The fourth-order valence-corrected chi connectivity index (χ4v) is 2.55. The number of anilines is 2. The van der Waals surface area contributed by atoms with E-state index < -0.39 is 0 Å². The van der Waals surface area contributed by atoms with Gasteiger partial charge in [0.25, 0.3) is 0 Å². The molecule has 0 bridgehead atoms. The van der Waals surface area contributed by atoms with Crippen molar-refractivity contribution < 1.29 is 14.3 Å². The van der Waals surface area contributed by atoms with Crippen molar-refractivity contribution in [1.82, 2.24) is 0 Å². The molecule has 0 saturated heterocycles. The molecule has 0 spiro atoms. The van der Waals surface area contributed by atoms with E-state index in [1.165, 1.54) is 11.8 Å². The quantitative estimate of drug-likeness (QED) is 0.869. The van der Waals surface area contributed by atoms with Gasteiger partial charge in [-0.25, -0.2) is 0 Å². The van der Waals surface area contributed by atoms with Crippen molar-refractivity contribution in [2.75, 3.05) is 23.9 Å². The van der Waals surface area contributed by atoms with E-state index in [4.69, 9.17) is 4.74 Å². The zero-order chi connectivity index (χ0) is 16.8. The molecule has 2 aromatic carbocycles. The molecule has 2 rings (SSSR count). The second-order valence-electron chi connectivity index (χ2n) is 4.83. The van der Waals surface area contributed by atoms with Crippen LogP contribution < -0.4 is 15.0 Å². The number of hydrogen-bond donors (Lipinski definition) is 1. The second kappa shape index (κ2) is 7.78. The van der Waals surface area contributed by atoms with Crippen molar-refractivity contribution in [3.8, 4) is 5.75 Å². The van der Waals surface area contributed by atoms with Crippen LogP contribution in [-0.4, -0.2) is 25.5 Å². The van der Waals surface area contributed by atoms with Crippen LogP contribution in [0.25, 0.3) is 0 Å². The van der Waals surface area contributed by atoms with Crippen LogP contribution in [0.1, 0.15) is 6.92 Å². The summed E-state index contributed by atoms with van der Waals surface area (Å²) in [6, 6.07) is 14.3. The first-order valence-corrected chi connectivity index (χ1v) is 7.77. The van der Waals surface area contributed by atoms with Gasteiger partial charge < -0.3 is 15.0 Å². The number of nitrogens with zero attached hydrogens (tertiary/aromatic N) is 1. The van der Waals surface area contributed by atoms with E-state index >= 15 is 0 Å². The van der Waals surface area contributed by atoms with Crippen molar-refractivity contribution >= 4 is 39.1 Å². The van der Waals surface area contributed by atoms with Gasteiger partial charge in [-0.05, 0) is 52.3 Å². The SMILES string of the molecule is COc1ccc(NC(=O)CN(C(C)=O)c2ccccc2Br)cc1. The smallest absolute Gasteiger partial charge is 0.244 e. The molecule has 5 nitrogen and oxygen atoms in total. The highest BCUT2D eigenvalue weighted by atomic mass is 79.9. The number of methoxy groups -OCH3 is 1. The Kier molecular flexibility index (Phi) is 5.76. The zero-order valence-electron chi connectivity index (χ0n) is 12.9. The largest absolute Gasteiger partial charge is 0.497 e. The number of halogens is 1. The van der Waals surface area contributed by atoms with Gasteiger partial charge in [0, 0.05) is 17.1 Å². The number of carbonyl (C=O) groups excluding carboxylic acids is 2. The summed E-state index contributed by atoms with van der Waals surface area (Å²) in [5, 5.41) is 2.76. The monoisotopic (exact) mass is 376 g/mol. The Balaban J connectivity index is 2.09. The predicted octanol–water partition coefficient (Wildman–Crippen LogP) is 3.45. The standard InChI is InChI=1S/C17H17BrN2O3/c1-12(21)20(16-6-4-3-5-15(16)18)11-17(22)19-13-7-9-14(23-2)10-8-13/h3-10H,11H2,1-2H3,(H,19,22). The average Bonchev–Trinajstić information content (AvgIpc) is 2.54. The predicted molar refractivity (Wildman–Crippen MR) is 93.8 cm³/mol. The van der Waals surface area contributed by atoms with Gasteiger partial charge >= 0.3 is 0 Å². The Bertz CT molecular complexity index is 701. The van der Waals surface area contributed by atoms with Crippen molar-refractivity contribution in [3.05, 3.63) is 53.0 Å². The molecule has 0 heterocycles. The number of amides is 2. The molecule has 0 unspecified atom stereocenters. The van der Waals surface area contributed by atoms with Gasteiger partial charge in [0.15, 0.2) is 0 Å². The maximum absolute atomic E-state index is 12.2. The highest BCUT2D eigenvalue weighted by Gasteiger charge is 2.17. The van der Waals surface area contributed by atoms with Gasteiger partial charge in [-0.15, -0.1) is 0 Å². The molecule has 0 fully saturated rings. The molecule has 120 valence electrons. The summed E-state index contributed by atoms with van der Waals surface area (Å²) in [4.78, 5) is 25.5. The lowest BCUT2D eigenvalue weighted by atomic mass is 10.2. The van der Waals surface area contributed by atoms with Crippen LogP contribution in [0.4, 0.5) is 11.4 Å². The third-order valence-corrected chi connectivity index (χ3v) is 3.87. The number of ether oxygens (including phenoxy) is 1. The third kappa shape index (κ3) is 4.56. The maximum atomic E-state index is 12.2. The summed E-state index contributed by atoms with van der Waals surface area (Å²) in [6.07, 6.45) is 0. The van der Waals surface area contributed by atoms with E-state index in [1.807, 2.05) is 18.2 Å². The number of rotatable bonds is 5. The molecule has 0 aromatic heterocycles. The van der Waals surface area contributed by atoms with E-state index in [9.17, 15) is 9.59 Å². The fraction of sp³-hybridized carbons (Fsp3) is 0.176. The van der Waals surface area contributed by atoms with Crippen LogP contribution in [0.2, 0.25) is 0 Å². The Morgan fingerprint density at radius 1 is 1.13 bits per heavy atom. The number of nitrogens with one attached hydrogen (secondary N) is 1. The minimum atomic E-state index is -0.277. The molecule has 0 radical (unpaired) electrons. The van der Waals surface area contributed by atoms with E-state index in [0.717, 1.165) is 4.47 Å². The van der Waals surface area contributed by atoms with Crippen LogP contribution >= 0.6 is 15.9 Å². The van der Waals surface area contributed by atoms with Crippen LogP contribution in [0.3, 0.4) is 0 Å². The summed E-state index contributed by atoms with van der Waals surface area (Å²) in [5.41, 5.74) is 1.30. The molecule has 2 aromatic rings. The second-order valence-corrected chi connectivity index (χ2v) is 5.69. The van der Waals surface area contributed by atoms with E-state index in [0.29, 0.717) is 17.1 Å². The van der Waals surface area contributed by atoms with Crippen molar-refractivity contribution in [1.29, 1.82) is 0 Å². The maximum Gasteiger partial charge on any atom is 0.244 e. The first-order chi connectivity index (χ1) is 11.0.